The van der Waals surface area contributed by atoms with Crippen molar-refractivity contribution < 1.29 is 19.5 Å². The van der Waals surface area contributed by atoms with E-state index in [1.165, 1.54) is 21.6 Å². The summed E-state index contributed by atoms with van der Waals surface area (Å²) in [6, 6.07) is -1.28. The molecule has 0 unspecified atom stereocenters. The first-order chi connectivity index (χ1) is 7.97. The summed E-state index contributed by atoms with van der Waals surface area (Å²) in [7, 11) is 0. The fourth-order valence-corrected chi connectivity index (χ4v) is 2.66. The van der Waals surface area contributed by atoms with Crippen LogP contribution in [-0.4, -0.2) is 63.6 Å². The molecule has 1 fully saturated rings. The number of thioether (sulfide) groups is 1. The molecule has 1 saturated heterocycles. The number of hydrogen-bond donors (Lipinski definition) is 2. The molecule has 17 heavy (non-hydrogen) atoms. The van der Waals surface area contributed by atoms with Gasteiger partial charge in [0, 0.05) is 12.3 Å². The number of hydrogen-bond acceptors (Lipinski definition) is 4. The molecule has 1 aliphatic rings. The van der Waals surface area contributed by atoms with E-state index in [1.807, 2.05) is 0 Å². The van der Waals surface area contributed by atoms with Crippen molar-refractivity contribution in [3.63, 3.8) is 0 Å². The maximum absolute atomic E-state index is 12.0. The minimum absolute atomic E-state index is 0.192. The molecule has 0 aromatic carbocycles. The van der Waals surface area contributed by atoms with E-state index >= 15 is 0 Å². The van der Waals surface area contributed by atoms with E-state index < -0.39 is 23.9 Å². The van der Waals surface area contributed by atoms with Gasteiger partial charge in [0.05, 0.1) is 5.88 Å². The highest BCUT2D eigenvalue weighted by Crippen LogP contribution is 2.22. The first-order valence-corrected chi connectivity index (χ1v) is 6.27. The number of urea groups is 1. The Hall–Kier alpha value is -1.44. The lowest BCUT2D eigenvalue weighted by atomic mass is 10.3. The van der Waals surface area contributed by atoms with E-state index in [9.17, 15) is 14.4 Å². The van der Waals surface area contributed by atoms with Gasteiger partial charge < -0.3 is 20.6 Å². The van der Waals surface area contributed by atoms with Crippen LogP contribution in [0.4, 0.5) is 4.79 Å². The molecule has 1 rings (SSSR count). The molecule has 1 heterocycles. The molecular weight excluding hydrogens is 246 g/mol. The smallest absolute Gasteiger partial charge is 0.327 e. The number of amides is 3. The Labute approximate surface area is 103 Å². The third-order valence-electron chi connectivity index (χ3n) is 2.41. The van der Waals surface area contributed by atoms with Gasteiger partial charge in [0.1, 0.15) is 12.6 Å². The van der Waals surface area contributed by atoms with Crippen molar-refractivity contribution in [3.8, 4) is 0 Å². The Bertz CT molecular complexity index is 336. The second-order valence-corrected chi connectivity index (χ2v) is 4.59. The third-order valence-corrected chi connectivity index (χ3v) is 3.42. The normalized spacial score (nSPS) is 19.1. The van der Waals surface area contributed by atoms with Crippen LogP contribution in [0.15, 0.2) is 0 Å². The molecule has 0 saturated carbocycles. The highest BCUT2D eigenvalue weighted by Gasteiger charge is 2.36. The van der Waals surface area contributed by atoms with E-state index in [0.29, 0.717) is 18.2 Å². The zero-order valence-electron chi connectivity index (χ0n) is 9.46. The SMILES string of the molecule is CCN(CC(N)=O)C(=O)N1CSC[C@H]1C(=O)O. The van der Waals surface area contributed by atoms with Gasteiger partial charge in [0.2, 0.25) is 5.91 Å². The fraction of sp³-hybridized carbons (Fsp3) is 0.667. The molecular formula is C9H15N3O4S. The summed E-state index contributed by atoms with van der Waals surface area (Å²) in [6.07, 6.45) is 0. The monoisotopic (exact) mass is 261 g/mol. The average molecular weight is 261 g/mol. The van der Waals surface area contributed by atoms with Gasteiger partial charge in [-0.1, -0.05) is 0 Å². The second-order valence-electron chi connectivity index (χ2n) is 3.59. The summed E-state index contributed by atoms with van der Waals surface area (Å²) in [5.74, 6) is -0.947. The van der Waals surface area contributed by atoms with Crippen LogP contribution in [0, 0.1) is 0 Å². The first-order valence-electron chi connectivity index (χ1n) is 5.11. The summed E-state index contributed by atoms with van der Waals surface area (Å²) in [4.78, 5) is 36.2. The number of aliphatic carboxylic acids is 1. The molecule has 1 aliphatic heterocycles. The maximum atomic E-state index is 12.0. The van der Waals surface area contributed by atoms with Gasteiger partial charge in [-0.05, 0) is 6.92 Å². The van der Waals surface area contributed by atoms with Crippen LogP contribution < -0.4 is 5.73 Å². The van der Waals surface area contributed by atoms with Crippen LogP contribution in [0.25, 0.3) is 0 Å². The molecule has 1 atom stereocenters. The van der Waals surface area contributed by atoms with Gasteiger partial charge in [-0.15, -0.1) is 11.8 Å². The molecule has 0 aliphatic carbocycles. The van der Waals surface area contributed by atoms with Crippen molar-refractivity contribution in [3.05, 3.63) is 0 Å². The molecule has 0 radical (unpaired) electrons. The van der Waals surface area contributed by atoms with Crippen molar-refractivity contribution in [2.75, 3.05) is 24.7 Å². The zero-order valence-corrected chi connectivity index (χ0v) is 10.3. The van der Waals surface area contributed by atoms with Crippen LogP contribution in [-0.2, 0) is 9.59 Å². The first kappa shape index (κ1) is 13.6. The highest BCUT2D eigenvalue weighted by atomic mass is 32.2. The van der Waals surface area contributed by atoms with Crippen LogP contribution in [0.5, 0.6) is 0 Å². The summed E-state index contributed by atoms with van der Waals surface area (Å²) in [5, 5.41) is 8.95. The number of carbonyl (C=O) groups is 3. The minimum Gasteiger partial charge on any atom is -0.480 e. The Kier molecular flexibility index (Phi) is 4.62. The minimum atomic E-state index is -1.03. The number of nitrogens with zero attached hydrogens (tertiary/aromatic N) is 2. The molecule has 3 N–H and O–H groups in total. The number of carboxylic acid groups (broad SMARTS) is 1. The van der Waals surface area contributed by atoms with Gasteiger partial charge in [-0.2, -0.15) is 0 Å². The summed E-state index contributed by atoms with van der Waals surface area (Å²) < 4.78 is 0. The number of likely N-dealkylation sites (N-methyl/N-ethyl adjacent to an activating group) is 1. The largest absolute Gasteiger partial charge is 0.480 e. The van der Waals surface area contributed by atoms with E-state index in [-0.39, 0.29) is 6.54 Å². The summed E-state index contributed by atoms with van der Waals surface area (Å²) >= 11 is 1.38. The predicted molar refractivity (Wildman–Crippen MR) is 62.4 cm³/mol. The Morgan fingerprint density at radius 3 is 2.65 bits per heavy atom. The number of rotatable bonds is 4. The molecule has 3 amide bonds. The molecule has 0 bridgehead atoms. The molecule has 0 aromatic rings. The molecule has 7 nitrogen and oxygen atoms in total. The maximum Gasteiger partial charge on any atom is 0.327 e. The quantitative estimate of drug-likeness (QED) is 0.701. The van der Waals surface area contributed by atoms with Crippen LogP contribution in [0.2, 0.25) is 0 Å². The average Bonchev–Trinajstić information content (AvgIpc) is 2.73. The Balaban J connectivity index is 2.73. The van der Waals surface area contributed by atoms with E-state index in [0.717, 1.165) is 0 Å². The van der Waals surface area contributed by atoms with Crippen molar-refractivity contribution in [2.45, 2.75) is 13.0 Å². The van der Waals surface area contributed by atoms with Crippen molar-refractivity contribution in [1.82, 2.24) is 9.80 Å². The fourth-order valence-electron chi connectivity index (χ4n) is 1.52. The van der Waals surface area contributed by atoms with Gasteiger partial charge in [0.15, 0.2) is 0 Å². The van der Waals surface area contributed by atoms with Gasteiger partial charge in [-0.3, -0.25) is 4.79 Å². The number of nitrogens with two attached hydrogens (primary N) is 1. The molecule has 0 aromatic heterocycles. The lowest BCUT2D eigenvalue weighted by Gasteiger charge is -2.28. The Morgan fingerprint density at radius 2 is 2.18 bits per heavy atom. The number of primary amides is 1. The lowest BCUT2D eigenvalue weighted by molar-refractivity contribution is -0.140. The van der Waals surface area contributed by atoms with Gasteiger partial charge >= 0.3 is 12.0 Å². The van der Waals surface area contributed by atoms with Crippen LogP contribution in [0.1, 0.15) is 6.92 Å². The van der Waals surface area contributed by atoms with Gasteiger partial charge in [0.25, 0.3) is 0 Å². The van der Waals surface area contributed by atoms with Gasteiger partial charge in [-0.25, -0.2) is 9.59 Å². The highest BCUT2D eigenvalue weighted by molar-refractivity contribution is 7.99. The predicted octanol–water partition coefficient (Wildman–Crippen LogP) is -0.627. The molecule has 0 spiro atoms. The number of carbonyl (C=O) groups excluding carboxylic acids is 2. The third kappa shape index (κ3) is 3.26. The summed E-state index contributed by atoms with van der Waals surface area (Å²) in [6.45, 7) is 1.83. The van der Waals surface area contributed by atoms with E-state index in [4.69, 9.17) is 10.8 Å². The number of carboxylic acids is 1. The lowest BCUT2D eigenvalue weighted by Crippen LogP contribution is -2.50. The molecule has 96 valence electrons. The topological polar surface area (TPSA) is 104 Å². The van der Waals surface area contributed by atoms with Crippen LogP contribution in [0.3, 0.4) is 0 Å². The van der Waals surface area contributed by atoms with Crippen molar-refractivity contribution in [1.29, 1.82) is 0 Å². The van der Waals surface area contributed by atoms with Crippen molar-refractivity contribution in [2.24, 2.45) is 5.73 Å². The van der Waals surface area contributed by atoms with E-state index in [2.05, 4.69) is 0 Å². The van der Waals surface area contributed by atoms with Crippen molar-refractivity contribution >= 4 is 29.7 Å². The zero-order chi connectivity index (χ0) is 13.0. The van der Waals surface area contributed by atoms with E-state index in [1.54, 1.807) is 6.92 Å². The summed E-state index contributed by atoms with van der Waals surface area (Å²) in [5.41, 5.74) is 5.03. The Morgan fingerprint density at radius 1 is 1.53 bits per heavy atom. The second kappa shape index (κ2) is 5.76. The molecule has 8 heteroatoms. The standard InChI is InChI=1S/C9H15N3O4S/c1-2-11(3-7(10)13)9(16)12-5-17-4-6(12)8(14)15/h6H,2-5H2,1H3,(H2,10,13)(H,14,15)/t6-/m0/s1. The van der Waals surface area contributed by atoms with Crippen LogP contribution >= 0.6 is 11.8 Å².